The zero-order valence-corrected chi connectivity index (χ0v) is 11.2. The molecular formula is C12H20O6. The van der Waals surface area contributed by atoms with Crippen LogP contribution >= 0.6 is 0 Å². The number of rotatable bonds is 6. The van der Waals surface area contributed by atoms with Gasteiger partial charge in [-0.2, -0.15) is 0 Å². The molecule has 0 aliphatic rings. The maximum absolute atomic E-state index is 11.4. The number of esters is 2. The Balaban J connectivity index is 3.96. The summed E-state index contributed by atoms with van der Waals surface area (Å²) in [5, 5.41) is 9.36. The van der Waals surface area contributed by atoms with Crippen molar-refractivity contribution >= 4 is 17.7 Å². The van der Waals surface area contributed by atoms with Crippen molar-refractivity contribution in [2.75, 3.05) is 6.61 Å². The second-order valence-corrected chi connectivity index (χ2v) is 4.96. The highest BCUT2D eigenvalue weighted by molar-refractivity contribution is 5.95. The molecule has 1 atom stereocenters. The molecule has 0 radical (unpaired) electrons. The zero-order chi connectivity index (χ0) is 14.3. The van der Waals surface area contributed by atoms with E-state index in [0.29, 0.717) is 0 Å². The van der Waals surface area contributed by atoms with Crippen LogP contribution in [0.3, 0.4) is 0 Å². The van der Waals surface area contributed by atoms with Crippen molar-refractivity contribution in [3.63, 3.8) is 0 Å². The Kier molecular flexibility index (Phi) is 6.54. The Morgan fingerprint density at radius 1 is 1.22 bits per heavy atom. The third-order valence-corrected chi connectivity index (χ3v) is 1.70. The van der Waals surface area contributed by atoms with Gasteiger partial charge in [0.1, 0.15) is 24.4 Å². The highest BCUT2D eigenvalue weighted by atomic mass is 16.6. The van der Waals surface area contributed by atoms with Gasteiger partial charge in [-0.05, 0) is 20.8 Å². The van der Waals surface area contributed by atoms with Crippen LogP contribution in [0.2, 0.25) is 0 Å². The zero-order valence-electron chi connectivity index (χ0n) is 11.2. The number of Topliss-reactive ketones (excluding diaryl/α,β-unsaturated/α-hetero) is 1. The molecule has 0 aromatic carbocycles. The summed E-state index contributed by atoms with van der Waals surface area (Å²) in [7, 11) is 0. The van der Waals surface area contributed by atoms with Gasteiger partial charge < -0.3 is 14.6 Å². The van der Waals surface area contributed by atoms with Crippen molar-refractivity contribution in [2.45, 2.75) is 52.2 Å². The minimum absolute atomic E-state index is 0.244. The largest absolute Gasteiger partial charge is 0.463 e. The quantitative estimate of drug-likeness (QED) is 0.555. The van der Waals surface area contributed by atoms with Gasteiger partial charge in [-0.15, -0.1) is 0 Å². The Morgan fingerprint density at radius 3 is 2.22 bits per heavy atom. The third kappa shape index (κ3) is 9.77. The number of carbonyl (C=O) groups excluding carboxylic acids is 3. The second kappa shape index (κ2) is 7.10. The van der Waals surface area contributed by atoms with Crippen LogP contribution in [0.1, 0.15) is 40.5 Å². The summed E-state index contributed by atoms with van der Waals surface area (Å²) < 4.78 is 9.49. The lowest BCUT2D eigenvalue weighted by Gasteiger charge is -2.19. The number of aliphatic hydroxyl groups is 1. The number of ether oxygens (including phenoxy) is 2. The second-order valence-electron chi connectivity index (χ2n) is 4.96. The van der Waals surface area contributed by atoms with E-state index in [9.17, 15) is 19.5 Å². The third-order valence-electron chi connectivity index (χ3n) is 1.70. The summed E-state index contributed by atoms with van der Waals surface area (Å²) in [4.78, 5) is 33.2. The van der Waals surface area contributed by atoms with Gasteiger partial charge in [0.2, 0.25) is 0 Å². The molecule has 6 heteroatoms. The average molecular weight is 260 g/mol. The summed E-state index contributed by atoms with van der Waals surface area (Å²) in [5.41, 5.74) is -0.645. The molecule has 0 aromatic heterocycles. The molecule has 0 heterocycles. The van der Waals surface area contributed by atoms with Gasteiger partial charge in [0.15, 0.2) is 0 Å². The minimum Gasteiger partial charge on any atom is -0.463 e. The molecule has 18 heavy (non-hydrogen) atoms. The standard InChI is InChI=1S/C12H20O6/c1-8(13)17-7-10(15)5-9(14)6-11(16)18-12(2,3)4/h10,15H,5-7H2,1-4H3. The van der Waals surface area contributed by atoms with Gasteiger partial charge in [0, 0.05) is 13.3 Å². The van der Waals surface area contributed by atoms with E-state index in [-0.39, 0.29) is 13.0 Å². The first kappa shape index (κ1) is 16.6. The van der Waals surface area contributed by atoms with E-state index in [1.54, 1.807) is 20.8 Å². The highest BCUT2D eigenvalue weighted by Crippen LogP contribution is 2.09. The first-order valence-electron chi connectivity index (χ1n) is 5.65. The first-order valence-corrected chi connectivity index (χ1v) is 5.65. The average Bonchev–Trinajstić information content (AvgIpc) is 2.10. The molecule has 0 aliphatic carbocycles. The van der Waals surface area contributed by atoms with Crippen molar-refractivity contribution in [1.82, 2.24) is 0 Å². The molecule has 0 saturated heterocycles. The van der Waals surface area contributed by atoms with Gasteiger partial charge in [0.25, 0.3) is 0 Å². The number of carbonyl (C=O) groups is 3. The lowest BCUT2D eigenvalue weighted by Crippen LogP contribution is -2.27. The van der Waals surface area contributed by atoms with Crippen LogP contribution in [0.4, 0.5) is 0 Å². The molecule has 0 aromatic rings. The van der Waals surface area contributed by atoms with Gasteiger partial charge in [0.05, 0.1) is 6.10 Å². The molecule has 0 aliphatic heterocycles. The van der Waals surface area contributed by atoms with Gasteiger partial charge >= 0.3 is 11.9 Å². The van der Waals surface area contributed by atoms with Gasteiger partial charge in [-0.1, -0.05) is 0 Å². The van der Waals surface area contributed by atoms with Crippen LogP contribution in [0.25, 0.3) is 0 Å². The molecule has 6 nitrogen and oxygen atoms in total. The number of aliphatic hydroxyl groups excluding tert-OH is 1. The van der Waals surface area contributed by atoms with Crippen LogP contribution in [-0.4, -0.2) is 41.1 Å². The normalized spacial score (nSPS) is 12.7. The monoisotopic (exact) mass is 260 g/mol. The predicted octanol–water partition coefficient (Wildman–Crippen LogP) is 0.601. The Labute approximate surface area is 106 Å². The molecule has 0 fully saturated rings. The SMILES string of the molecule is CC(=O)OCC(O)CC(=O)CC(=O)OC(C)(C)C. The Bertz CT molecular complexity index is 315. The van der Waals surface area contributed by atoms with E-state index in [4.69, 9.17) is 4.74 Å². The molecule has 0 saturated carbocycles. The number of hydrogen-bond donors (Lipinski definition) is 1. The van der Waals surface area contributed by atoms with E-state index >= 15 is 0 Å². The Hall–Kier alpha value is -1.43. The number of ketones is 1. The van der Waals surface area contributed by atoms with Crippen LogP contribution in [0.15, 0.2) is 0 Å². The maximum Gasteiger partial charge on any atom is 0.313 e. The minimum atomic E-state index is -1.09. The topological polar surface area (TPSA) is 89.9 Å². The van der Waals surface area contributed by atoms with E-state index in [0.717, 1.165) is 0 Å². The smallest absolute Gasteiger partial charge is 0.313 e. The van der Waals surface area contributed by atoms with Crippen LogP contribution in [-0.2, 0) is 23.9 Å². The lowest BCUT2D eigenvalue weighted by molar-refractivity contribution is -0.157. The molecule has 1 unspecified atom stereocenters. The fourth-order valence-corrected chi connectivity index (χ4v) is 1.15. The molecule has 0 amide bonds. The molecule has 0 spiro atoms. The van der Waals surface area contributed by atoms with E-state index in [2.05, 4.69) is 4.74 Å². The van der Waals surface area contributed by atoms with Crippen molar-refractivity contribution in [1.29, 1.82) is 0 Å². The van der Waals surface area contributed by atoms with Crippen molar-refractivity contribution < 1.29 is 29.0 Å². The van der Waals surface area contributed by atoms with Crippen LogP contribution < -0.4 is 0 Å². The van der Waals surface area contributed by atoms with E-state index in [1.807, 2.05) is 0 Å². The van der Waals surface area contributed by atoms with E-state index < -0.39 is 35.8 Å². The lowest BCUT2D eigenvalue weighted by atomic mass is 10.1. The van der Waals surface area contributed by atoms with Crippen LogP contribution in [0, 0.1) is 0 Å². The summed E-state index contributed by atoms with van der Waals surface area (Å²) in [5.74, 6) is -1.62. The molecular weight excluding hydrogens is 240 g/mol. The van der Waals surface area contributed by atoms with Gasteiger partial charge in [-0.3, -0.25) is 14.4 Å². The van der Waals surface area contributed by atoms with Crippen molar-refractivity contribution in [3.05, 3.63) is 0 Å². The van der Waals surface area contributed by atoms with Crippen molar-refractivity contribution in [2.24, 2.45) is 0 Å². The molecule has 0 rings (SSSR count). The fraction of sp³-hybridized carbons (Fsp3) is 0.750. The Morgan fingerprint density at radius 2 is 1.78 bits per heavy atom. The highest BCUT2D eigenvalue weighted by Gasteiger charge is 2.20. The molecule has 0 bridgehead atoms. The summed E-state index contributed by atoms with van der Waals surface area (Å²) in [6.45, 7) is 6.05. The van der Waals surface area contributed by atoms with Gasteiger partial charge in [-0.25, -0.2) is 0 Å². The van der Waals surface area contributed by atoms with Crippen LogP contribution in [0.5, 0.6) is 0 Å². The fourth-order valence-electron chi connectivity index (χ4n) is 1.15. The van der Waals surface area contributed by atoms with Crippen molar-refractivity contribution in [3.8, 4) is 0 Å². The predicted molar refractivity (Wildman–Crippen MR) is 62.7 cm³/mol. The van der Waals surface area contributed by atoms with E-state index in [1.165, 1.54) is 6.92 Å². The molecule has 1 N–H and O–H groups in total. The summed E-state index contributed by atoms with van der Waals surface area (Å²) >= 11 is 0. The maximum atomic E-state index is 11.4. The molecule has 104 valence electrons. The summed E-state index contributed by atoms with van der Waals surface area (Å²) in [6, 6.07) is 0. The summed E-state index contributed by atoms with van der Waals surface area (Å²) in [6.07, 6.45) is -1.73. The first-order chi connectivity index (χ1) is 8.10. The number of hydrogen-bond acceptors (Lipinski definition) is 6.